The molecule has 1 atom stereocenters. The molecule has 0 aromatic heterocycles. The molecule has 0 saturated heterocycles. The Kier molecular flexibility index (Phi) is 3.96. The first-order chi connectivity index (χ1) is 6.24. The summed E-state index contributed by atoms with van der Waals surface area (Å²) in [7, 11) is 0. The van der Waals surface area contributed by atoms with E-state index >= 15 is 0 Å². The van der Waals surface area contributed by atoms with Crippen LogP contribution < -0.4 is 5.32 Å². The van der Waals surface area contributed by atoms with Gasteiger partial charge in [0.05, 0.1) is 4.83 Å². The fraction of sp³-hybridized carbons (Fsp3) is 0.300. The molecule has 1 rings (SSSR count). The zero-order valence-electron chi connectivity index (χ0n) is 7.46. The van der Waals surface area contributed by atoms with Crippen molar-refractivity contribution in [1.29, 1.82) is 0 Å². The van der Waals surface area contributed by atoms with Crippen molar-refractivity contribution < 1.29 is 4.79 Å². The third-order valence-electron chi connectivity index (χ3n) is 1.68. The minimum Gasteiger partial charge on any atom is -0.325 e. The van der Waals surface area contributed by atoms with Crippen LogP contribution >= 0.6 is 15.9 Å². The molecular weight excluding hydrogens is 230 g/mol. The van der Waals surface area contributed by atoms with Crippen LogP contribution in [0.4, 0.5) is 5.69 Å². The number of alkyl halides is 1. The standard InChI is InChI=1S/C10H12BrNO/c1-2-9(11)10(13)12-8-6-4-3-5-7-8/h3-7,9H,2H2,1H3,(H,12,13)/t9-/m0/s1. The molecule has 70 valence electrons. The van der Waals surface area contributed by atoms with Gasteiger partial charge in [-0.3, -0.25) is 4.79 Å². The van der Waals surface area contributed by atoms with Crippen molar-refractivity contribution in [2.24, 2.45) is 0 Å². The van der Waals surface area contributed by atoms with Crippen LogP contribution in [-0.2, 0) is 4.79 Å². The number of halogens is 1. The topological polar surface area (TPSA) is 29.1 Å². The molecule has 0 heterocycles. The predicted octanol–water partition coefficient (Wildman–Crippen LogP) is 2.80. The van der Waals surface area contributed by atoms with Crippen molar-refractivity contribution in [3.63, 3.8) is 0 Å². The fourth-order valence-electron chi connectivity index (χ4n) is 0.927. The van der Waals surface area contributed by atoms with Crippen LogP contribution in [0.5, 0.6) is 0 Å². The molecular formula is C10H12BrNO. The Bertz CT molecular complexity index is 274. The van der Waals surface area contributed by atoms with E-state index in [4.69, 9.17) is 0 Å². The van der Waals surface area contributed by atoms with Gasteiger partial charge in [0.25, 0.3) is 0 Å². The largest absolute Gasteiger partial charge is 0.325 e. The average Bonchev–Trinajstić information content (AvgIpc) is 2.18. The summed E-state index contributed by atoms with van der Waals surface area (Å²) in [4.78, 5) is 11.3. The number of para-hydroxylation sites is 1. The molecule has 0 unspecified atom stereocenters. The minimum absolute atomic E-state index is 0.00806. The van der Waals surface area contributed by atoms with Gasteiger partial charge in [0.1, 0.15) is 0 Å². The smallest absolute Gasteiger partial charge is 0.238 e. The molecule has 0 bridgehead atoms. The second-order valence-electron chi connectivity index (χ2n) is 2.73. The zero-order valence-corrected chi connectivity index (χ0v) is 9.04. The molecule has 1 N–H and O–H groups in total. The number of hydrogen-bond acceptors (Lipinski definition) is 1. The third kappa shape index (κ3) is 3.19. The number of benzene rings is 1. The molecule has 0 aliphatic carbocycles. The summed E-state index contributed by atoms with van der Waals surface area (Å²) >= 11 is 3.29. The van der Waals surface area contributed by atoms with Crippen LogP contribution in [0, 0.1) is 0 Å². The van der Waals surface area contributed by atoms with Crippen molar-refractivity contribution >= 4 is 27.5 Å². The van der Waals surface area contributed by atoms with Crippen LogP contribution in [0.15, 0.2) is 30.3 Å². The average molecular weight is 242 g/mol. The number of carbonyl (C=O) groups excluding carboxylic acids is 1. The summed E-state index contributed by atoms with van der Waals surface area (Å²) in [5.74, 6) is 0.00806. The highest BCUT2D eigenvalue weighted by atomic mass is 79.9. The molecule has 3 heteroatoms. The Hall–Kier alpha value is -0.830. The molecule has 1 aromatic carbocycles. The van der Waals surface area contributed by atoms with E-state index in [1.165, 1.54) is 0 Å². The number of amides is 1. The van der Waals surface area contributed by atoms with Crippen LogP contribution in [-0.4, -0.2) is 10.7 Å². The summed E-state index contributed by atoms with van der Waals surface area (Å²) in [5, 5.41) is 2.81. The lowest BCUT2D eigenvalue weighted by Gasteiger charge is -2.07. The fourth-order valence-corrected chi connectivity index (χ4v) is 1.04. The number of hydrogen-bond donors (Lipinski definition) is 1. The number of anilines is 1. The van der Waals surface area contributed by atoms with Gasteiger partial charge in [-0.05, 0) is 18.6 Å². The SMILES string of the molecule is CC[C@H](Br)C(=O)Nc1ccccc1. The van der Waals surface area contributed by atoms with E-state index in [1.54, 1.807) is 0 Å². The van der Waals surface area contributed by atoms with E-state index in [0.29, 0.717) is 0 Å². The van der Waals surface area contributed by atoms with Crippen molar-refractivity contribution in [2.45, 2.75) is 18.2 Å². The maximum atomic E-state index is 11.4. The van der Waals surface area contributed by atoms with Crippen LogP contribution in [0.25, 0.3) is 0 Å². The van der Waals surface area contributed by atoms with E-state index in [0.717, 1.165) is 12.1 Å². The maximum Gasteiger partial charge on any atom is 0.238 e. The monoisotopic (exact) mass is 241 g/mol. The minimum atomic E-state index is -0.104. The lowest BCUT2D eigenvalue weighted by molar-refractivity contribution is -0.115. The van der Waals surface area contributed by atoms with E-state index in [2.05, 4.69) is 21.2 Å². The Balaban J connectivity index is 2.55. The Labute approximate surface area is 86.5 Å². The summed E-state index contributed by atoms with van der Waals surface area (Å²) in [6, 6.07) is 9.44. The van der Waals surface area contributed by atoms with Crippen LogP contribution in [0.1, 0.15) is 13.3 Å². The highest BCUT2D eigenvalue weighted by Gasteiger charge is 2.11. The van der Waals surface area contributed by atoms with E-state index in [9.17, 15) is 4.79 Å². The van der Waals surface area contributed by atoms with Crippen molar-refractivity contribution in [2.75, 3.05) is 5.32 Å². The van der Waals surface area contributed by atoms with Gasteiger partial charge in [-0.15, -0.1) is 0 Å². The highest BCUT2D eigenvalue weighted by molar-refractivity contribution is 9.10. The van der Waals surface area contributed by atoms with Gasteiger partial charge < -0.3 is 5.32 Å². The molecule has 0 aliphatic rings. The first-order valence-corrected chi connectivity index (χ1v) is 5.15. The first kappa shape index (κ1) is 10.3. The Morgan fingerprint density at radius 1 is 1.46 bits per heavy atom. The molecule has 0 fully saturated rings. The second-order valence-corrected chi connectivity index (χ2v) is 3.84. The summed E-state index contributed by atoms with van der Waals surface area (Å²) in [6.07, 6.45) is 0.790. The number of rotatable bonds is 3. The molecule has 2 nitrogen and oxygen atoms in total. The lowest BCUT2D eigenvalue weighted by atomic mass is 10.3. The molecule has 0 radical (unpaired) electrons. The maximum absolute atomic E-state index is 11.4. The second kappa shape index (κ2) is 5.02. The van der Waals surface area contributed by atoms with Gasteiger partial charge in [0, 0.05) is 5.69 Å². The summed E-state index contributed by atoms with van der Waals surface area (Å²) in [6.45, 7) is 1.96. The number of nitrogens with one attached hydrogen (secondary N) is 1. The summed E-state index contributed by atoms with van der Waals surface area (Å²) < 4.78 is 0. The van der Waals surface area contributed by atoms with Gasteiger partial charge in [0.15, 0.2) is 0 Å². The van der Waals surface area contributed by atoms with Crippen molar-refractivity contribution in [1.82, 2.24) is 0 Å². The molecule has 13 heavy (non-hydrogen) atoms. The van der Waals surface area contributed by atoms with Crippen molar-refractivity contribution in [3.8, 4) is 0 Å². The van der Waals surface area contributed by atoms with E-state index in [1.807, 2.05) is 37.3 Å². The van der Waals surface area contributed by atoms with Gasteiger partial charge in [0.2, 0.25) is 5.91 Å². The van der Waals surface area contributed by atoms with Gasteiger partial charge in [-0.25, -0.2) is 0 Å². The van der Waals surface area contributed by atoms with Gasteiger partial charge >= 0.3 is 0 Å². The van der Waals surface area contributed by atoms with E-state index in [-0.39, 0.29) is 10.7 Å². The molecule has 1 aromatic rings. The predicted molar refractivity (Wildman–Crippen MR) is 58.1 cm³/mol. The zero-order chi connectivity index (χ0) is 9.68. The highest BCUT2D eigenvalue weighted by Crippen LogP contribution is 2.10. The third-order valence-corrected chi connectivity index (χ3v) is 2.75. The van der Waals surface area contributed by atoms with Gasteiger partial charge in [-0.2, -0.15) is 0 Å². The molecule has 0 aliphatic heterocycles. The van der Waals surface area contributed by atoms with Crippen LogP contribution in [0.3, 0.4) is 0 Å². The van der Waals surface area contributed by atoms with Crippen LogP contribution in [0.2, 0.25) is 0 Å². The van der Waals surface area contributed by atoms with E-state index < -0.39 is 0 Å². The summed E-state index contributed by atoms with van der Waals surface area (Å²) in [5.41, 5.74) is 0.838. The van der Waals surface area contributed by atoms with Crippen molar-refractivity contribution in [3.05, 3.63) is 30.3 Å². The normalized spacial score (nSPS) is 12.2. The quantitative estimate of drug-likeness (QED) is 0.811. The first-order valence-electron chi connectivity index (χ1n) is 4.24. The lowest BCUT2D eigenvalue weighted by Crippen LogP contribution is -2.21. The molecule has 0 spiro atoms. The molecule has 1 amide bonds. The molecule has 0 saturated carbocycles. The Morgan fingerprint density at radius 2 is 2.08 bits per heavy atom. The Morgan fingerprint density at radius 3 is 2.62 bits per heavy atom. The number of carbonyl (C=O) groups is 1. The van der Waals surface area contributed by atoms with Gasteiger partial charge in [-0.1, -0.05) is 41.1 Å².